The van der Waals surface area contributed by atoms with Crippen LogP contribution in [-0.4, -0.2) is 27.9 Å². The van der Waals surface area contributed by atoms with Gasteiger partial charge in [-0.3, -0.25) is 4.40 Å². The first-order chi connectivity index (χ1) is 10.7. The van der Waals surface area contributed by atoms with Gasteiger partial charge in [0.05, 0.1) is 12.2 Å². The predicted octanol–water partition coefficient (Wildman–Crippen LogP) is 3.42. The molecule has 0 spiro atoms. The molecule has 122 valence electrons. The average molecular weight is 321 g/mol. The summed E-state index contributed by atoms with van der Waals surface area (Å²) >= 11 is 1.65. The fraction of sp³-hybridized carbons (Fsp3) is 0.625. The lowest BCUT2D eigenvalue weighted by atomic mass is 10.1. The second-order valence-electron chi connectivity index (χ2n) is 5.56. The van der Waals surface area contributed by atoms with Crippen molar-refractivity contribution in [2.45, 2.75) is 59.0 Å². The highest BCUT2D eigenvalue weighted by molar-refractivity contribution is 7.15. The number of imidazole rings is 1. The SMILES string of the molecule is CCCCCC(C)NC(=NCc1cn2ccsc2n1)NCC. The molecule has 1 atom stereocenters. The Kier molecular flexibility index (Phi) is 6.71. The Morgan fingerprint density at radius 2 is 2.27 bits per heavy atom. The maximum atomic E-state index is 4.65. The molecule has 1 unspecified atom stereocenters. The van der Waals surface area contributed by atoms with Gasteiger partial charge in [0.1, 0.15) is 0 Å². The van der Waals surface area contributed by atoms with Gasteiger partial charge in [-0.2, -0.15) is 0 Å². The van der Waals surface area contributed by atoms with E-state index < -0.39 is 0 Å². The molecule has 22 heavy (non-hydrogen) atoms. The number of nitrogens with zero attached hydrogens (tertiary/aromatic N) is 3. The van der Waals surface area contributed by atoms with E-state index >= 15 is 0 Å². The maximum absolute atomic E-state index is 4.65. The van der Waals surface area contributed by atoms with Gasteiger partial charge in [0.15, 0.2) is 10.9 Å². The Morgan fingerprint density at radius 3 is 3.00 bits per heavy atom. The van der Waals surface area contributed by atoms with Gasteiger partial charge in [-0.05, 0) is 20.3 Å². The van der Waals surface area contributed by atoms with Crippen molar-refractivity contribution >= 4 is 22.3 Å². The first-order valence-corrected chi connectivity index (χ1v) is 9.06. The van der Waals surface area contributed by atoms with Crippen molar-refractivity contribution in [2.75, 3.05) is 6.54 Å². The molecule has 2 aromatic heterocycles. The maximum Gasteiger partial charge on any atom is 0.193 e. The second-order valence-corrected chi connectivity index (χ2v) is 6.43. The predicted molar refractivity (Wildman–Crippen MR) is 94.6 cm³/mol. The molecule has 2 N–H and O–H groups in total. The summed E-state index contributed by atoms with van der Waals surface area (Å²) < 4.78 is 2.04. The molecule has 0 aliphatic carbocycles. The van der Waals surface area contributed by atoms with Gasteiger partial charge in [0, 0.05) is 30.4 Å². The third kappa shape index (κ3) is 5.02. The zero-order valence-corrected chi connectivity index (χ0v) is 14.6. The Morgan fingerprint density at radius 1 is 1.41 bits per heavy atom. The van der Waals surface area contributed by atoms with Crippen LogP contribution in [0.25, 0.3) is 4.96 Å². The fourth-order valence-electron chi connectivity index (χ4n) is 2.34. The number of hydrogen-bond donors (Lipinski definition) is 2. The lowest BCUT2D eigenvalue weighted by molar-refractivity contribution is 0.547. The molecule has 2 heterocycles. The summed E-state index contributed by atoms with van der Waals surface area (Å²) in [4.78, 5) is 10.2. The summed E-state index contributed by atoms with van der Waals surface area (Å²) in [6.07, 6.45) is 9.08. The summed E-state index contributed by atoms with van der Waals surface area (Å²) in [5, 5.41) is 8.83. The number of nitrogens with one attached hydrogen (secondary N) is 2. The minimum Gasteiger partial charge on any atom is -0.357 e. The quantitative estimate of drug-likeness (QED) is 0.445. The van der Waals surface area contributed by atoms with Crippen molar-refractivity contribution in [3.8, 4) is 0 Å². The van der Waals surface area contributed by atoms with E-state index in [9.17, 15) is 0 Å². The van der Waals surface area contributed by atoms with Crippen LogP contribution in [0.5, 0.6) is 0 Å². The lowest BCUT2D eigenvalue weighted by Crippen LogP contribution is -2.42. The normalized spacial score (nSPS) is 13.5. The van der Waals surface area contributed by atoms with Crippen LogP contribution in [0.4, 0.5) is 0 Å². The van der Waals surface area contributed by atoms with E-state index in [0.29, 0.717) is 12.6 Å². The zero-order valence-electron chi connectivity index (χ0n) is 13.8. The van der Waals surface area contributed by atoms with Crippen LogP contribution < -0.4 is 10.6 Å². The lowest BCUT2D eigenvalue weighted by Gasteiger charge is -2.17. The number of aliphatic imine (C=N–C) groups is 1. The van der Waals surface area contributed by atoms with Crippen LogP contribution in [0, 0.1) is 0 Å². The average Bonchev–Trinajstić information content (AvgIpc) is 3.06. The minimum absolute atomic E-state index is 0.440. The second kappa shape index (κ2) is 8.78. The zero-order chi connectivity index (χ0) is 15.8. The van der Waals surface area contributed by atoms with Crippen molar-refractivity contribution in [3.63, 3.8) is 0 Å². The Labute approximate surface area is 136 Å². The first-order valence-electron chi connectivity index (χ1n) is 8.18. The number of unbranched alkanes of at least 4 members (excludes halogenated alkanes) is 2. The Balaban J connectivity index is 1.89. The fourth-order valence-corrected chi connectivity index (χ4v) is 3.06. The molecule has 0 bridgehead atoms. The Bertz CT molecular complexity index is 558. The van der Waals surface area contributed by atoms with Crippen molar-refractivity contribution in [1.29, 1.82) is 0 Å². The van der Waals surface area contributed by atoms with Crippen LogP contribution in [0.3, 0.4) is 0 Å². The van der Waals surface area contributed by atoms with Gasteiger partial charge < -0.3 is 10.6 Å². The van der Waals surface area contributed by atoms with Crippen molar-refractivity contribution in [1.82, 2.24) is 20.0 Å². The highest BCUT2D eigenvalue weighted by Crippen LogP contribution is 2.11. The summed E-state index contributed by atoms with van der Waals surface area (Å²) in [6, 6.07) is 0.440. The van der Waals surface area contributed by atoms with E-state index in [1.807, 2.05) is 22.2 Å². The first kappa shape index (κ1) is 16.8. The van der Waals surface area contributed by atoms with Gasteiger partial charge in [-0.25, -0.2) is 9.98 Å². The van der Waals surface area contributed by atoms with E-state index in [0.717, 1.165) is 23.2 Å². The molecule has 5 nitrogen and oxygen atoms in total. The molecule has 0 aromatic carbocycles. The van der Waals surface area contributed by atoms with Crippen LogP contribution >= 0.6 is 11.3 Å². The number of guanidine groups is 1. The van der Waals surface area contributed by atoms with Crippen molar-refractivity contribution < 1.29 is 0 Å². The summed E-state index contributed by atoms with van der Waals surface area (Å²) in [5.41, 5.74) is 1.00. The molecule has 2 rings (SSSR count). The number of thiazole rings is 1. The molecular weight excluding hydrogens is 294 g/mol. The van der Waals surface area contributed by atoms with Gasteiger partial charge in [-0.1, -0.05) is 26.2 Å². The van der Waals surface area contributed by atoms with Gasteiger partial charge >= 0.3 is 0 Å². The van der Waals surface area contributed by atoms with Crippen LogP contribution in [-0.2, 0) is 6.54 Å². The molecule has 0 aliphatic heterocycles. The molecule has 0 saturated carbocycles. The molecule has 0 radical (unpaired) electrons. The minimum atomic E-state index is 0.440. The highest BCUT2D eigenvalue weighted by Gasteiger charge is 2.06. The summed E-state index contributed by atoms with van der Waals surface area (Å²) in [5.74, 6) is 0.878. The molecule has 0 aliphatic rings. The van der Waals surface area contributed by atoms with E-state index in [-0.39, 0.29) is 0 Å². The van der Waals surface area contributed by atoms with E-state index in [2.05, 4.69) is 41.4 Å². The summed E-state index contributed by atoms with van der Waals surface area (Å²) in [6.45, 7) is 8.01. The van der Waals surface area contributed by atoms with Crippen LogP contribution in [0.2, 0.25) is 0 Å². The Hall–Kier alpha value is -1.56. The van der Waals surface area contributed by atoms with Gasteiger partial charge in [0.25, 0.3) is 0 Å². The standard InChI is InChI=1S/C16H27N5S/c1-4-6-7-8-13(3)19-15(17-5-2)18-11-14-12-21-9-10-22-16(21)20-14/h9-10,12-13H,4-8,11H2,1-3H3,(H2,17,18,19). The van der Waals surface area contributed by atoms with Crippen molar-refractivity contribution in [3.05, 3.63) is 23.5 Å². The van der Waals surface area contributed by atoms with Gasteiger partial charge in [-0.15, -0.1) is 11.3 Å². The molecule has 0 amide bonds. The smallest absolute Gasteiger partial charge is 0.193 e. The summed E-state index contributed by atoms with van der Waals surface area (Å²) in [7, 11) is 0. The van der Waals surface area contributed by atoms with E-state index in [1.54, 1.807) is 11.3 Å². The van der Waals surface area contributed by atoms with Crippen LogP contribution in [0.15, 0.2) is 22.8 Å². The number of aromatic nitrogens is 2. The topological polar surface area (TPSA) is 53.7 Å². The third-order valence-electron chi connectivity index (χ3n) is 3.51. The molecule has 0 fully saturated rings. The monoisotopic (exact) mass is 321 g/mol. The number of hydrogen-bond acceptors (Lipinski definition) is 3. The van der Waals surface area contributed by atoms with Crippen molar-refractivity contribution in [2.24, 2.45) is 4.99 Å². The number of rotatable bonds is 8. The highest BCUT2D eigenvalue weighted by atomic mass is 32.1. The molecule has 2 aromatic rings. The van der Waals surface area contributed by atoms with Crippen LogP contribution in [0.1, 0.15) is 52.1 Å². The van der Waals surface area contributed by atoms with E-state index in [4.69, 9.17) is 0 Å². The molecule has 6 heteroatoms. The third-order valence-corrected chi connectivity index (χ3v) is 4.28. The molecular formula is C16H27N5S. The van der Waals surface area contributed by atoms with Gasteiger partial charge in [0.2, 0.25) is 0 Å². The van der Waals surface area contributed by atoms with E-state index in [1.165, 1.54) is 25.7 Å². The largest absolute Gasteiger partial charge is 0.357 e. The number of fused-ring (bicyclic) bond motifs is 1. The molecule has 0 saturated heterocycles.